The van der Waals surface area contributed by atoms with Crippen LogP contribution in [0.3, 0.4) is 0 Å². The number of likely N-dealkylation sites (tertiary alicyclic amines) is 1. The molecule has 1 fully saturated rings. The van der Waals surface area contributed by atoms with E-state index in [-0.39, 0.29) is 24.4 Å². The number of halogens is 2. The van der Waals surface area contributed by atoms with E-state index in [4.69, 9.17) is 9.47 Å². The molecule has 1 aliphatic rings. The van der Waals surface area contributed by atoms with Gasteiger partial charge in [-0.15, -0.1) is 0 Å². The van der Waals surface area contributed by atoms with E-state index in [2.05, 4.69) is 20.9 Å². The Balaban J connectivity index is 1.43. The Bertz CT molecular complexity index is 690. The Morgan fingerprint density at radius 3 is 2.74 bits per heavy atom. The van der Waals surface area contributed by atoms with Gasteiger partial charge in [-0.2, -0.15) is 0 Å². The minimum absolute atomic E-state index is 0.0732. The summed E-state index contributed by atoms with van der Waals surface area (Å²) < 4.78 is 24.6. The lowest BCUT2D eigenvalue weighted by atomic mass is 10.1. The molecule has 0 spiro atoms. The molecule has 120 valence electrons. The molecule has 23 heavy (non-hydrogen) atoms. The highest BCUT2D eigenvalue weighted by atomic mass is 79.9. The molecule has 2 heterocycles. The van der Waals surface area contributed by atoms with E-state index < -0.39 is 0 Å². The maximum absolute atomic E-state index is 12.8. The van der Waals surface area contributed by atoms with Crippen molar-refractivity contribution in [2.75, 3.05) is 19.7 Å². The highest BCUT2D eigenvalue weighted by Crippen LogP contribution is 2.24. The van der Waals surface area contributed by atoms with E-state index in [1.807, 2.05) is 6.07 Å². The number of pyridine rings is 1. The van der Waals surface area contributed by atoms with E-state index in [0.29, 0.717) is 24.7 Å². The summed E-state index contributed by atoms with van der Waals surface area (Å²) in [5, 5.41) is 0. The fourth-order valence-corrected chi connectivity index (χ4v) is 2.45. The third-order valence-electron chi connectivity index (χ3n) is 3.38. The standard InChI is InChI=1S/C16H14BrFN2O3/c17-14-2-1-7-19-16(14)23-13-8-20(9-13)15(21)10-22-12-5-3-11(18)4-6-12/h1-7,13H,8-10H2. The molecule has 1 aromatic heterocycles. The normalized spacial score (nSPS) is 14.3. The SMILES string of the molecule is O=C(COc1ccc(F)cc1)N1CC(Oc2ncccc2Br)C1. The predicted molar refractivity (Wildman–Crippen MR) is 84.8 cm³/mol. The van der Waals surface area contributed by atoms with Crippen LogP contribution in [-0.4, -0.2) is 41.6 Å². The molecule has 2 aromatic rings. The number of aromatic nitrogens is 1. The number of carbonyl (C=O) groups is 1. The summed E-state index contributed by atoms with van der Waals surface area (Å²) in [5.41, 5.74) is 0. The molecule has 1 amide bonds. The van der Waals surface area contributed by atoms with Gasteiger partial charge in [0.05, 0.1) is 17.6 Å². The lowest BCUT2D eigenvalue weighted by Crippen LogP contribution is -2.57. The zero-order valence-electron chi connectivity index (χ0n) is 12.1. The van der Waals surface area contributed by atoms with Crippen molar-refractivity contribution < 1.29 is 18.7 Å². The Morgan fingerprint density at radius 2 is 2.04 bits per heavy atom. The van der Waals surface area contributed by atoms with E-state index >= 15 is 0 Å². The Labute approximate surface area is 141 Å². The van der Waals surface area contributed by atoms with Crippen molar-refractivity contribution >= 4 is 21.8 Å². The van der Waals surface area contributed by atoms with Crippen LogP contribution in [0.4, 0.5) is 4.39 Å². The van der Waals surface area contributed by atoms with Gasteiger partial charge in [0, 0.05) is 6.20 Å². The molecule has 1 saturated heterocycles. The summed E-state index contributed by atoms with van der Waals surface area (Å²) in [6.45, 7) is 0.912. The van der Waals surface area contributed by atoms with E-state index in [1.54, 1.807) is 17.2 Å². The van der Waals surface area contributed by atoms with Crippen LogP contribution >= 0.6 is 15.9 Å². The van der Waals surface area contributed by atoms with Gasteiger partial charge in [0.2, 0.25) is 5.88 Å². The molecule has 1 aliphatic heterocycles. The number of nitrogens with zero attached hydrogens (tertiary/aromatic N) is 2. The Morgan fingerprint density at radius 1 is 1.30 bits per heavy atom. The number of hydrogen-bond donors (Lipinski definition) is 0. The molecule has 7 heteroatoms. The molecular weight excluding hydrogens is 367 g/mol. The minimum atomic E-state index is -0.341. The van der Waals surface area contributed by atoms with E-state index in [0.717, 1.165) is 4.47 Å². The average molecular weight is 381 g/mol. The summed E-state index contributed by atoms with van der Waals surface area (Å²) >= 11 is 3.36. The van der Waals surface area contributed by atoms with E-state index in [9.17, 15) is 9.18 Å². The van der Waals surface area contributed by atoms with Crippen molar-refractivity contribution in [2.45, 2.75) is 6.10 Å². The number of rotatable bonds is 5. The molecule has 5 nitrogen and oxygen atoms in total. The second kappa shape index (κ2) is 6.95. The maximum Gasteiger partial charge on any atom is 0.260 e. The molecule has 0 atom stereocenters. The molecule has 1 aromatic carbocycles. The second-order valence-corrected chi connectivity index (χ2v) is 5.93. The average Bonchev–Trinajstić information content (AvgIpc) is 2.51. The zero-order valence-corrected chi connectivity index (χ0v) is 13.7. The highest BCUT2D eigenvalue weighted by Gasteiger charge is 2.33. The number of ether oxygens (including phenoxy) is 2. The number of amides is 1. The van der Waals surface area contributed by atoms with Crippen molar-refractivity contribution in [2.24, 2.45) is 0 Å². The Kier molecular flexibility index (Phi) is 4.76. The highest BCUT2D eigenvalue weighted by molar-refractivity contribution is 9.10. The van der Waals surface area contributed by atoms with Gasteiger partial charge in [-0.25, -0.2) is 9.37 Å². The van der Waals surface area contributed by atoms with Gasteiger partial charge < -0.3 is 14.4 Å². The molecule has 0 unspecified atom stereocenters. The minimum Gasteiger partial charge on any atom is -0.484 e. The first kappa shape index (κ1) is 15.7. The summed E-state index contributed by atoms with van der Waals surface area (Å²) in [6, 6.07) is 9.21. The summed E-state index contributed by atoms with van der Waals surface area (Å²) in [7, 11) is 0. The third-order valence-corrected chi connectivity index (χ3v) is 3.98. The van der Waals surface area contributed by atoms with E-state index in [1.165, 1.54) is 24.3 Å². The van der Waals surface area contributed by atoms with Gasteiger partial charge in [0.1, 0.15) is 17.7 Å². The third kappa shape index (κ3) is 3.98. The van der Waals surface area contributed by atoms with Gasteiger partial charge >= 0.3 is 0 Å². The van der Waals surface area contributed by atoms with Crippen molar-refractivity contribution in [3.63, 3.8) is 0 Å². The lowest BCUT2D eigenvalue weighted by Gasteiger charge is -2.38. The van der Waals surface area contributed by atoms with Gasteiger partial charge in [0.25, 0.3) is 5.91 Å². The lowest BCUT2D eigenvalue weighted by molar-refractivity contribution is -0.142. The largest absolute Gasteiger partial charge is 0.484 e. The topological polar surface area (TPSA) is 51.7 Å². The first-order valence-electron chi connectivity index (χ1n) is 7.05. The summed E-state index contributed by atoms with van der Waals surface area (Å²) in [6.07, 6.45) is 1.58. The van der Waals surface area contributed by atoms with Crippen molar-refractivity contribution in [1.82, 2.24) is 9.88 Å². The monoisotopic (exact) mass is 380 g/mol. The molecule has 0 bridgehead atoms. The molecular formula is C16H14BrFN2O3. The van der Waals surface area contributed by atoms with Crippen LogP contribution in [0.2, 0.25) is 0 Å². The van der Waals surface area contributed by atoms with Crippen LogP contribution in [0, 0.1) is 5.82 Å². The fraction of sp³-hybridized carbons (Fsp3) is 0.250. The summed E-state index contributed by atoms with van der Waals surface area (Å²) in [4.78, 5) is 17.7. The Hall–Kier alpha value is -2.15. The molecule has 0 aliphatic carbocycles. The molecule has 0 N–H and O–H groups in total. The molecule has 3 rings (SSSR count). The molecule has 0 saturated carbocycles. The maximum atomic E-state index is 12.8. The van der Waals surface area contributed by atoms with Crippen molar-refractivity contribution in [3.8, 4) is 11.6 Å². The number of benzene rings is 1. The fourth-order valence-electron chi connectivity index (χ4n) is 2.10. The first-order valence-corrected chi connectivity index (χ1v) is 7.84. The quantitative estimate of drug-likeness (QED) is 0.799. The van der Waals surface area contributed by atoms with Crippen LogP contribution in [0.5, 0.6) is 11.6 Å². The zero-order chi connectivity index (χ0) is 16.2. The van der Waals surface area contributed by atoms with Gasteiger partial charge in [-0.1, -0.05) is 0 Å². The summed E-state index contributed by atoms with van der Waals surface area (Å²) in [5.74, 6) is 0.513. The predicted octanol–water partition coefficient (Wildman–Crippen LogP) is 2.65. The van der Waals surface area contributed by atoms with Crippen molar-refractivity contribution in [1.29, 1.82) is 0 Å². The first-order chi connectivity index (χ1) is 11.1. The molecule has 0 radical (unpaired) electrons. The number of carbonyl (C=O) groups excluding carboxylic acids is 1. The van der Waals surface area contributed by atoms with Gasteiger partial charge in [0.15, 0.2) is 6.61 Å². The van der Waals surface area contributed by atoms with Crippen LogP contribution in [0.1, 0.15) is 0 Å². The van der Waals surface area contributed by atoms with Crippen LogP contribution < -0.4 is 9.47 Å². The van der Waals surface area contributed by atoms with Crippen molar-refractivity contribution in [3.05, 3.63) is 52.9 Å². The number of hydrogen-bond acceptors (Lipinski definition) is 4. The van der Waals surface area contributed by atoms with Crippen LogP contribution in [0.15, 0.2) is 47.1 Å². The van der Waals surface area contributed by atoms with Crippen LogP contribution in [0.25, 0.3) is 0 Å². The second-order valence-electron chi connectivity index (χ2n) is 5.07. The van der Waals surface area contributed by atoms with Crippen LogP contribution in [-0.2, 0) is 4.79 Å². The van der Waals surface area contributed by atoms with Gasteiger partial charge in [-0.3, -0.25) is 4.79 Å². The smallest absolute Gasteiger partial charge is 0.260 e. The van der Waals surface area contributed by atoms with Gasteiger partial charge in [-0.05, 0) is 52.3 Å².